The molecule has 0 fully saturated rings. The summed E-state index contributed by atoms with van der Waals surface area (Å²) in [5.41, 5.74) is 5.73. The molecule has 0 saturated carbocycles. The average molecular weight is 509 g/mol. The Kier molecular flexibility index (Phi) is 7.13. The third-order valence-electron chi connectivity index (χ3n) is 6.11. The number of fused-ring (bicyclic) bond motifs is 2. The minimum absolute atomic E-state index is 0.735. The topological polar surface area (TPSA) is 94.3 Å². The summed E-state index contributed by atoms with van der Waals surface area (Å²) < 4.78 is 21.2. The van der Waals surface area contributed by atoms with E-state index in [1.54, 1.807) is 28.4 Å². The van der Waals surface area contributed by atoms with Gasteiger partial charge in [0, 0.05) is 12.1 Å². The lowest BCUT2D eigenvalue weighted by Crippen LogP contribution is -1.91. The number of ether oxygens (including phenoxy) is 4. The van der Waals surface area contributed by atoms with Crippen molar-refractivity contribution in [3.63, 3.8) is 0 Å². The number of imidazole rings is 2. The molecule has 4 aromatic carbocycles. The maximum Gasteiger partial charge on any atom is 0.142 e. The zero-order valence-corrected chi connectivity index (χ0v) is 21.6. The molecule has 6 rings (SSSR count). The van der Waals surface area contributed by atoms with Crippen LogP contribution >= 0.6 is 0 Å². The van der Waals surface area contributed by atoms with Crippen molar-refractivity contribution in [2.45, 2.75) is 0 Å². The van der Waals surface area contributed by atoms with Crippen LogP contribution < -0.4 is 18.9 Å². The SMILES string of the molecule is COc1ccc(-c2nc3ccccc3[nH]2)c(OC)c1.COc1ccc(-c2nc3ccccc3[nH]2)c(OC)c1. The molecule has 2 N–H and O–H groups in total. The van der Waals surface area contributed by atoms with Crippen molar-refractivity contribution in [2.75, 3.05) is 28.4 Å². The Bertz CT molecular complexity index is 1500. The number of nitrogens with one attached hydrogen (secondary N) is 2. The first-order valence-electron chi connectivity index (χ1n) is 12.0. The van der Waals surface area contributed by atoms with Gasteiger partial charge < -0.3 is 28.9 Å². The van der Waals surface area contributed by atoms with Crippen molar-refractivity contribution >= 4 is 22.1 Å². The smallest absolute Gasteiger partial charge is 0.142 e. The molecule has 0 aliphatic rings. The fraction of sp³-hybridized carbons (Fsp3) is 0.133. The van der Waals surface area contributed by atoms with Crippen molar-refractivity contribution in [2.24, 2.45) is 0 Å². The molecule has 0 saturated heterocycles. The molecule has 0 atom stereocenters. The standard InChI is InChI=1S/2C15H14N2O2/c2*1-18-10-7-8-11(14(9-10)19-2)15-16-12-5-3-4-6-13(12)17-15/h2*3-9H,1-2H3,(H,16,17). The molecular weight excluding hydrogens is 480 g/mol. The van der Waals surface area contributed by atoms with Crippen LogP contribution in [0.15, 0.2) is 84.9 Å². The van der Waals surface area contributed by atoms with Crippen molar-refractivity contribution in [3.05, 3.63) is 84.9 Å². The first kappa shape index (κ1) is 24.7. The summed E-state index contributed by atoms with van der Waals surface area (Å²) in [6, 6.07) is 27.2. The van der Waals surface area contributed by atoms with E-state index in [9.17, 15) is 0 Å². The van der Waals surface area contributed by atoms with Gasteiger partial charge in [-0.05, 0) is 48.5 Å². The first-order valence-corrected chi connectivity index (χ1v) is 12.0. The molecule has 8 heteroatoms. The van der Waals surface area contributed by atoms with E-state index in [2.05, 4.69) is 19.9 Å². The van der Waals surface area contributed by atoms with Gasteiger partial charge in [0.1, 0.15) is 34.6 Å². The summed E-state index contributed by atoms with van der Waals surface area (Å²) in [6.07, 6.45) is 0. The zero-order chi connectivity index (χ0) is 26.5. The Balaban J connectivity index is 0.000000155. The van der Waals surface area contributed by atoms with E-state index < -0.39 is 0 Å². The van der Waals surface area contributed by atoms with E-state index in [0.717, 1.165) is 67.8 Å². The van der Waals surface area contributed by atoms with Gasteiger partial charge in [0.15, 0.2) is 0 Å². The predicted molar refractivity (Wildman–Crippen MR) is 149 cm³/mol. The number of aromatic amines is 2. The Hall–Kier alpha value is -4.98. The van der Waals surface area contributed by atoms with Crippen LogP contribution in [0.2, 0.25) is 0 Å². The number of H-pyrrole nitrogens is 2. The molecule has 2 heterocycles. The molecule has 0 unspecified atom stereocenters. The molecule has 38 heavy (non-hydrogen) atoms. The normalized spacial score (nSPS) is 10.6. The largest absolute Gasteiger partial charge is 0.497 e. The van der Waals surface area contributed by atoms with Crippen LogP contribution in [-0.2, 0) is 0 Å². The molecule has 6 aromatic rings. The second kappa shape index (κ2) is 11.0. The highest BCUT2D eigenvalue weighted by molar-refractivity contribution is 5.81. The van der Waals surface area contributed by atoms with Crippen LogP contribution in [0.4, 0.5) is 0 Å². The average Bonchev–Trinajstić information content (AvgIpc) is 3.61. The summed E-state index contributed by atoms with van der Waals surface area (Å²) in [7, 11) is 6.55. The highest BCUT2D eigenvalue weighted by atomic mass is 16.5. The second-order valence-electron chi connectivity index (χ2n) is 8.34. The Morgan fingerprint density at radius 1 is 0.500 bits per heavy atom. The number of rotatable bonds is 6. The van der Waals surface area contributed by atoms with Crippen molar-refractivity contribution in [3.8, 4) is 45.8 Å². The van der Waals surface area contributed by atoms with Crippen LogP contribution in [0.1, 0.15) is 0 Å². The van der Waals surface area contributed by atoms with Gasteiger partial charge in [-0.15, -0.1) is 0 Å². The van der Waals surface area contributed by atoms with Crippen molar-refractivity contribution < 1.29 is 18.9 Å². The van der Waals surface area contributed by atoms with E-state index in [1.807, 2.05) is 84.9 Å². The summed E-state index contributed by atoms with van der Waals surface area (Å²) in [5.74, 6) is 4.58. The summed E-state index contributed by atoms with van der Waals surface area (Å²) in [4.78, 5) is 15.7. The number of benzene rings is 4. The summed E-state index contributed by atoms with van der Waals surface area (Å²) in [5, 5.41) is 0. The van der Waals surface area contributed by atoms with E-state index in [1.165, 1.54) is 0 Å². The second-order valence-corrected chi connectivity index (χ2v) is 8.34. The number of hydrogen-bond acceptors (Lipinski definition) is 6. The third kappa shape index (κ3) is 4.97. The van der Waals surface area contributed by atoms with Crippen LogP contribution in [0.5, 0.6) is 23.0 Å². The minimum Gasteiger partial charge on any atom is -0.497 e. The van der Waals surface area contributed by atoms with Crippen LogP contribution in [0.3, 0.4) is 0 Å². The molecule has 0 radical (unpaired) electrons. The van der Waals surface area contributed by atoms with Crippen molar-refractivity contribution in [1.29, 1.82) is 0 Å². The van der Waals surface area contributed by atoms with Gasteiger partial charge in [-0.1, -0.05) is 24.3 Å². The maximum absolute atomic E-state index is 5.40. The van der Waals surface area contributed by atoms with Crippen molar-refractivity contribution in [1.82, 2.24) is 19.9 Å². The summed E-state index contributed by atoms with van der Waals surface area (Å²) in [6.45, 7) is 0. The van der Waals surface area contributed by atoms with Crippen LogP contribution in [-0.4, -0.2) is 48.4 Å². The fourth-order valence-corrected chi connectivity index (χ4v) is 4.15. The maximum atomic E-state index is 5.40. The van der Waals surface area contributed by atoms with E-state index in [0.29, 0.717) is 0 Å². The molecule has 0 aliphatic heterocycles. The number of aromatic nitrogens is 4. The Morgan fingerprint density at radius 3 is 1.29 bits per heavy atom. The molecule has 0 spiro atoms. The van der Waals surface area contributed by atoms with E-state index in [-0.39, 0.29) is 0 Å². The molecule has 8 nitrogen and oxygen atoms in total. The number of methoxy groups -OCH3 is 4. The predicted octanol–water partition coefficient (Wildman–Crippen LogP) is 6.49. The van der Waals surface area contributed by atoms with Crippen LogP contribution in [0, 0.1) is 0 Å². The molecule has 192 valence electrons. The van der Waals surface area contributed by atoms with E-state index in [4.69, 9.17) is 18.9 Å². The Morgan fingerprint density at radius 2 is 0.921 bits per heavy atom. The van der Waals surface area contributed by atoms with Gasteiger partial charge in [0.05, 0.1) is 61.6 Å². The lowest BCUT2D eigenvalue weighted by Gasteiger charge is -2.08. The quantitative estimate of drug-likeness (QED) is 0.267. The number of para-hydroxylation sites is 4. The molecule has 2 aromatic heterocycles. The highest BCUT2D eigenvalue weighted by Gasteiger charge is 2.12. The summed E-state index contributed by atoms with van der Waals surface area (Å²) >= 11 is 0. The number of hydrogen-bond donors (Lipinski definition) is 2. The number of nitrogens with zero attached hydrogens (tertiary/aromatic N) is 2. The van der Waals surface area contributed by atoms with Gasteiger partial charge in [0.2, 0.25) is 0 Å². The first-order chi connectivity index (χ1) is 18.6. The minimum atomic E-state index is 0.735. The molecule has 0 bridgehead atoms. The van der Waals surface area contributed by atoms with Gasteiger partial charge in [-0.25, -0.2) is 9.97 Å². The molecule has 0 amide bonds. The lowest BCUT2D eigenvalue weighted by molar-refractivity contribution is 0.395. The molecule has 0 aliphatic carbocycles. The third-order valence-corrected chi connectivity index (χ3v) is 6.11. The van der Waals surface area contributed by atoms with Gasteiger partial charge in [-0.2, -0.15) is 0 Å². The fourth-order valence-electron chi connectivity index (χ4n) is 4.15. The van der Waals surface area contributed by atoms with Gasteiger partial charge >= 0.3 is 0 Å². The van der Waals surface area contributed by atoms with Crippen LogP contribution in [0.25, 0.3) is 44.8 Å². The highest BCUT2D eigenvalue weighted by Crippen LogP contribution is 2.33. The monoisotopic (exact) mass is 508 g/mol. The van der Waals surface area contributed by atoms with E-state index >= 15 is 0 Å². The van der Waals surface area contributed by atoms with Gasteiger partial charge in [-0.3, -0.25) is 0 Å². The molecular formula is C30H28N4O4. The lowest BCUT2D eigenvalue weighted by atomic mass is 10.2. The Labute approximate surface area is 220 Å². The zero-order valence-electron chi connectivity index (χ0n) is 21.6. The van der Waals surface area contributed by atoms with Gasteiger partial charge in [0.25, 0.3) is 0 Å².